The number of benzene rings is 2. The van der Waals surface area contributed by atoms with Crippen molar-refractivity contribution in [2.75, 3.05) is 0 Å². The Balaban J connectivity index is 1.80. The van der Waals surface area contributed by atoms with E-state index in [4.69, 9.17) is 17.5 Å². The van der Waals surface area contributed by atoms with Gasteiger partial charge in [-0.2, -0.15) is 5.26 Å². The molecule has 6 heteroatoms. The van der Waals surface area contributed by atoms with E-state index in [1.807, 2.05) is 54.6 Å². The molecular formula is C16H11N3S3. The Kier molecular flexibility index (Phi) is 4.68. The minimum absolute atomic E-state index is 0.709. The van der Waals surface area contributed by atoms with Crippen LogP contribution in [0.1, 0.15) is 11.1 Å². The molecule has 0 aliphatic carbocycles. The van der Waals surface area contributed by atoms with Gasteiger partial charge in [0.05, 0.1) is 17.3 Å². The second kappa shape index (κ2) is 6.88. The molecule has 0 N–H and O–H groups in total. The standard InChI is InChI=1S/C16H11N3S3/c17-10-12-6-4-5-7-13(12)11-21-15-18-19(16(20)22-15)14-8-2-1-3-9-14/h1-9H,11H2. The topological polar surface area (TPSA) is 41.6 Å². The Morgan fingerprint density at radius 1 is 1.14 bits per heavy atom. The minimum Gasteiger partial charge on any atom is -0.211 e. The number of nitriles is 1. The fraction of sp³-hybridized carbons (Fsp3) is 0.0625. The summed E-state index contributed by atoms with van der Waals surface area (Å²) in [6.07, 6.45) is 0. The Morgan fingerprint density at radius 2 is 1.86 bits per heavy atom. The first-order chi connectivity index (χ1) is 10.8. The SMILES string of the molecule is N#Cc1ccccc1CSc1nn(-c2ccccc2)c(=S)s1. The van der Waals surface area contributed by atoms with Gasteiger partial charge in [-0.15, -0.1) is 5.10 Å². The fourth-order valence-corrected chi connectivity index (χ4v) is 4.31. The first-order valence-electron chi connectivity index (χ1n) is 6.54. The lowest BCUT2D eigenvalue weighted by Crippen LogP contribution is -1.95. The van der Waals surface area contributed by atoms with E-state index in [0.29, 0.717) is 11.3 Å². The minimum atomic E-state index is 0.709. The summed E-state index contributed by atoms with van der Waals surface area (Å²) in [5.41, 5.74) is 2.69. The Morgan fingerprint density at radius 3 is 2.64 bits per heavy atom. The van der Waals surface area contributed by atoms with Crippen molar-refractivity contribution in [1.29, 1.82) is 5.26 Å². The van der Waals surface area contributed by atoms with Crippen molar-refractivity contribution in [3.63, 3.8) is 0 Å². The number of hydrogen-bond donors (Lipinski definition) is 0. The molecule has 1 heterocycles. The molecule has 3 aromatic rings. The van der Waals surface area contributed by atoms with Crippen molar-refractivity contribution < 1.29 is 0 Å². The lowest BCUT2D eigenvalue weighted by molar-refractivity contribution is 0.829. The van der Waals surface area contributed by atoms with Gasteiger partial charge >= 0.3 is 0 Å². The van der Waals surface area contributed by atoms with Gasteiger partial charge in [-0.05, 0) is 36.0 Å². The molecule has 2 aromatic carbocycles. The number of nitrogens with zero attached hydrogens (tertiary/aromatic N) is 3. The largest absolute Gasteiger partial charge is 0.211 e. The van der Waals surface area contributed by atoms with Gasteiger partial charge in [-0.3, -0.25) is 0 Å². The fourth-order valence-electron chi connectivity index (χ4n) is 1.95. The van der Waals surface area contributed by atoms with E-state index >= 15 is 0 Å². The molecule has 0 saturated heterocycles. The summed E-state index contributed by atoms with van der Waals surface area (Å²) in [5.74, 6) is 0.709. The quantitative estimate of drug-likeness (QED) is 0.503. The summed E-state index contributed by atoms with van der Waals surface area (Å²) in [6, 6.07) is 19.7. The van der Waals surface area contributed by atoms with E-state index in [-0.39, 0.29) is 0 Å². The van der Waals surface area contributed by atoms with Crippen molar-refractivity contribution >= 4 is 35.3 Å². The van der Waals surface area contributed by atoms with Crippen LogP contribution in [0.3, 0.4) is 0 Å². The van der Waals surface area contributed by atoms with Crippen LogP contribution in [0.5, 0.6) is 0 Å². The molecule has 1 aromatic heterocycles. The van der Waals surface area contributed by atoms with E-state index in [9.17, 15) is 0 Å². The molecule has 0 aliphatic rings. The summed E-state index contributed by atoms with van der Waals surface area (Å²) < 4.78 is 3.40. The van der Waals surface area contributed by atoms with Crippen LogP contribution in [0.4, 0.5) is 0 Å². The maximum absolute atomic E-state index is 9.12. The van der Waals surface area contributed by atoms with E-state index in [1.54, 1.807) is 16.4 Å². The summed E-state index contributed by atoms with van der Waals surface area (Å²) >= 11 is 8.48. The molecule has 0 radical (unpaired) electrons. The number of thioether (sulfide) groups is 1. The van der Waals surface area contributed by atoms with Gasteiger partial charge < -0.3 is 0 Å². The van der Waals surface area contributed by atoms with Crippen molar-refractivity contribution in [3.05, 3.63) is 69.7 Å². The van der Waals surface area contributed by atoms with Gasteiger partial charge in [-0.1, -0.05) is 59.5 Å². The highest BCUT2D eigenvalue weighted by Crippen LogP contribution is 2.28. The number of rotatable bonds is 4. The molecule has 0 aliphatic heterocycles. The maximum atomic E-state index is 9.12. The average molecular weight is 341 g/mol. The van der Waals surface area contributed by atoms with Crippen molar-refractivity contribution in [1.82, 2.24) is 9.78 Å². The van der Waals surface area contributed by atoms with Crippen molar-refractivity contribution in [2.45, 2.75) is 10.1 Å². The summed E-state index contributed by atoms with van der Waals surface area (Å²) in [5, 5.41) is 13.7. The van der Waals surface area contributed by atoms with Crippen LogP contribution in [0.25, 0.3) is 5.69 Å². The molecule has 0 spiro atoms. The third-order valence-electron chi connectivity index (χ3n) is 3.02. The third kappa shape index (κ3) is 3.28. The van der Waals surface area contributed by atoms with Crippen molar-refractivity contribution in [3.8, 4) is 11.8 Å². The smallest absolute Gasteiger partial charge is 0.184 e. The van der Waals surface area contributed by atoms with E-state index in [2.05, 4.69) is 11.2 Å². The molecular weight excluding hydrogens is 330 g/mol. The normalized spacial score (nSPS) is 10.3. The average Bonchev–Trinajstić information content (AvgIpc) is 2.95. The second-order valence-electron chi connectivity index (χ2n) is 4.44. The predicted octanol–water partition coefficient (Wildman–Crippen LogP) is 4.83. The Hall–Kier alpha value is -1.94. The number of para-hydroxylation sites is 1. The highest BCUT2D eigenvalue weighted by atomic mass is 32.2. The monoisotopic (exact) mass is 341 g/mol. The second-order valence-corrected chi connectivity index (χ2v) is 7.28. The van der Waals surface area contributed by atoms with Crippen LogP contribution in [0.2, 0.25) is 0 Å². The third-order valence-corrected chi connectivity index (χ3v) is 5.43. The molecule has 0 atom stereocenters. The molecule has 108 valence electrons. The van der Waals surface area contributed by atoms with Crippen LogP contribution in [0, 0.1) is 15.3 Å². The molecule has 0 amide bonds. The van der Waals surface area contributed by atoms with E-state index in [1.165, 1.54) is 11.3 Å². The summed E-state index contributed by atoms with van der Waals surface area (Å²) in [4.78, 5) is 0. The van der Waals surface area contributed by atoms with Gasteiger partial charge in [-0.25, -0.2) is 4.68 Å². The highest BCUT2D eigenvalue weighted by Gasteiger charge is 2.08. The zero-order valence-corrected chi connectivity index (χ0v) is 13.9. The van der Waals surface area contributed by atoms with Crippen LogP contribution >= 0.6 is 35.3 Å². The van der Waals surface area contributed by atoms with E-state index < -0.39 is 0 Å². The van der Waals surface area contributed by atoms with Crippen LogP contribution in [-0.2, 0) is 5.75 Å². The molecule has 3 rings (SSSR count). The zero-order valence-electron chi connectivity index (χ0n) is 11.5. The molecule has 22 heavy (non-hydrogen) atoms. The first kappa shape index (κ1) is 15.0. The zero-order chi connectivity index (χ0) is 15.4. The Bertz CT molecular complexity index is 875. The predicted molar refractivity (Wildman–Crippen MR) is 93.0 cm³/mol. The summed E-state index contributed by atoms with van der Waals surface area (Å²) in [7, 11) is 0. The van der Waals surface area contributed by atoms with Gasteiger partial charge in [0.1, 0.15) is 0 Å². The van der Waals surface area contributed by atoms with Crippen molar-refractivity contribution in [2.24, 2.45) is 0 Å². The first-order valence-corrected chi connectivity index (χ1v) is 8.75. The number of aromatic nitrogens is 2. The Labute approximate surface area is 141 Å². The van der Waals surface area contributed by atoms with Gasteiger partial charge in [0.25, 0.3) is 0 Å². The van der Waals surface area contributed by atoms with Crippen LogP contribution in [-0.4, -0.2) is 9.78 Å². The van der Waals surface area contributed by atoms with Crippen LogP contribution < -0.4 is 0 Å². The molecule has 0 bridgehead atoms. The highest BCUT2D eigenvalue weighted by molar-refractivity contribution is 8.00. The number of hydrogen-bond acceptors (Lipinski definition) is 5. The maximum Gasteiger partial charge on any atom is 0.184 e. The molecule has 3 nitrogen and oxygen atoms in total. The lowest BCUT2D eigenvalue weighted by Gasteiger charge is -2.01. The van der Waals surface area contributed by atoms with Gasteiger partial charge in [0.2, 0.25) is 0 Å². The molecule has 0 unspecified atom stereocenters. The van der Waals surface area contributed by atoms with E-state index in [0.717, 1.165) is 19.5 Å². The van der Waals surface area contributed by atoms with Gasteiger partial charge in [0, 0.05) is 5.75 Å². The molecule has 0 saturated carbocycles. The molecule has 0 fully saturated rings. The van der Waals surface area contributed by atoms with Crippen LogP contribution in [0.15, 0.2) is 58.9 Å². The summed E-state index contributed by atoms with van der Waals surface area (Å²) in [6.45, 7) is 0. The lowest BCUT2D eigenvalue weighted by atomic mass is 10.1. The van der Waals surface area contributed by atoms with Gasteiger partial charge in [0.15, 0.2) is 8.29 Å².